The van der Waals surface area contributed by atoms with Crippen LogP contribution in [0.4, 0.5) is 4.79 Å². The lowest BCUT2D eigenvalue weighted by molar-refractivity contribution is -0.143. The van der Waals surface area contributed by atoms with E-state index in [1.54, 1.807) is 17.9 Å². The lowest BCUT2D eigenvalue weighted by Crippen LogP contribution is -2.53. The number of amides is 2. The number of urea groups is 1. The molecule has 2 atom stereocenters. The molecule has 8 heteroatoms. The maximum atomic E-state index is 12.1. The van der Waals surface area contributed by atoms with Crippen LogP contribution in [0.2, 0.25) is 0 Å². The summed E-state index contributed by atoms with van der Waals surface area (Å²) in [4.78, 5) is 24.8. The molecule has 2 unspecified atom stereocenters. The Bertz CT molecular complexity index is 501. The summed E-state index contributed by atoms with van der Waals surface area (Å²) in [5.74, 6) is -0.0140. The van der Waals surface area contributed by atoms with Gasteiger partial charge in [-0.1, -0.05) is 6.92 Å². The summed E-state index contributed by atoms with van der Waals surface area (Å²) in [6.45, 7) is 2.70. The number of aliphatic carboxylic acids is 1. The highest BCUT2D eigenvalue weighted by Crippen LogP contribution is 2.22. The van der Waals surface area contributed by atoms with Crippen LogP contribution in [-0.4, -0.2) is 49.4 Å². The van der Waals surface area contributed by atoms with Crippen LogP contribution in [0.3, 0.4) is 0 Å². The normalized spacial score (nSPS) is 22.6. The summed E-state index contributed by atoms with van der Waals surface area (Å²) in [7, 11) is 1.78. The third kappa shape index (κ3) is 3.06. The van der Waals surface area contributed by atoms with Crippen molar-refractivity contribution in [2.75, 3.05) is 6.54 Å². The van der Waals surface area contributed by atoms with Crippen LogP contribution in [0.1, 0.15) is 25.6 Å². The molecule has 0 bridgehead atoms. The van der Waals surface area contributed by atoms with Crippen LogP contribution in [-0.2, 0) is 18.4 Å². The monoisotopic (exact) mass is 281 g/mol. The van der Waals surface area contributed by atoms with Gasteiger partial charge in [0.25, 0.3) is 0 Å². The maximum Gasteiger partial charge on any atom is 0.326 e. The Morgan fingerprint density at radius 3 is 2.90 bits per heavy atom. The van der Waals surface area contributed by atoms with Crippen molar-refractivity contribution in [1.82, 2.24) is 25.0 Å². The molecule has 0 aromatic carbocycles. The van der Waals surface area contributed by atoms with Crippen molar-refractivity contribution < 1.29 is 14.7 Å². The van der Waals surface area contributed by atoms with Crippen molar-refractivity contribution in [2.45, 2.75) is 32.4 Å². The molecule has 8 nitrogen and oxygen atoms in total. The molecule has 2 heterocycles. The number of likely N-dealkylation sites (tertiary alicyclic amines) is 1. The second-order valence-electron chi connectivity index (χ2n) is 5.19. The van der Waals surface area contributed by atoms with E-state index < -0.39 is 12.0 Å². The number of aryl methyl sites for hydroxylation is 1. The topological polar surface area (TPSA) is 100 Å². The lowest BCUT2D eigenvalue weighted by atomic mass is 9.93. The number of hydrogen-bond acceptors (Lipinski definition) is 4. The smallest absolute Gasteiger partial charge is 0.326 e. The van der Waals surface area contributed by atoms with E-state index >= 15 is 0 Å². The van der Waals surface area contributed by atoms with Crippen LogP contribution < -0.4 is 5.32 Å². The van der Waals surface area contributed by atoms with Gasteiger partial charge in [0.05, 0.1) is 6.54 Å². The molecule has 1 fully saturated rings. The standard InChI is InChI=1S/C12H19N5O3/c1-8-3-4-17(9(5-8)11(18)19)12(20)13-6-10-15-14-7-16(10)2/h7-9H,3-6H2,1-2H3,(H,13,20)(H,18,19). The number of aromatic nitrogens is 3. The highest BCUT2D eigenvalue weighted by molar-refractivity contribution is 5.82. The van der Waals surface area contributed by atoms with Crippen LogP contribution in [0, 0.1) is 5.92 Å². The van der Waals surface area contributed by atoms with E-state index in [2.05, 4.69) is 15.5 Å². The van der Waals surface area contributed by atoms with Gasteiger partial charge >= 0.3 is 12.0 Å². The van der Waals surface area contributed by atoms with Gasteiger partial charge in [0.15, 0.2) is 5.82 Å². The number of nitrogens with one attached hydrogen (secondary N) is 1. The van der Waals surface area contributed by atoms with Gasteiger partial charge < -0.3 is 19.9 Å². The summed E-state index contributed by atoms with van der Waals surface area (Å²) in [6, 6.07) is -1.12. The average Bonchev–Trinajstić information content (AvgIpc) is 2.81. The van der Waals surface area contributed by atoms with Gasteiger partial charge in [0.2, 0.25) is 0 Å². The number of rotatable bonds is 3. The van der Waals surface area contributed by atoms with Crippen LogP contribution in [0.25, 0.3) is 0 Å². The van der Waals surface area contributed by atoms with E-state index in [0.717, 1.165) is 6.42 Å². The van der Waals surface area contributed by atoms with Crippen LogP contribution in [0.15, 0.2) is 6.33 Å². The highest BCUT2D eigenvalue weighted by Gasteiger charge is 2.34. The van der Waals surface area contributed by atoms with Gasteiger partial charge in [-0.3, -0.25) is 0 Å². The number of carboxylic acids is 1. The summed E-state index contributed by atoms with van der Waals surface area (Å²) in [6.07, 6.45) is 2.86. The van der Waals surface area contributed by atoms with Gasteiger partial charge in [-0.2, -0.15) is 0 Å². The van der Waals surface area contributed by atoms with E-state index in [4.69, 9.17) is 0 Å². The second kappa shape index (κ2) is 5.89. The van der Waals surface area contributed by atoms with Crippen molar-refractivity contribution >= 4 is 12.0 Å². The second-order valence-corrected chi connectivity index (χ2v) is 5.19. The van der Waals surface area contributed by atoms with Crippen molar-refractivity contribution in [3.05, 3.63) is 12.2 Å². The number of piperidine rings is 1. The third-order valence-electron chi connectivity index (χ3n) is 3.61. The average molecular weight is 281 g/mol. The number of nitrogens with zero attached hydrogens (tertiary/aromatic N) is 4. The van der Waals surface area contributed by atoms with E-state index in [1.165, 1.54) is 4.90 Å². The summed E-state index contributed by atoms with van der Waals surface area (Å²) >= 11 is 0. The Kier molecular flexibility index (Phi) is 4.21. The predicted octanol–water partition coefficient (Wildman–Crippen LogP) is 0.210. The molecule has 1 aliphatic rings. The number of carbonyl (C=O) groups is 2. The Hall–Kier alpha value is -2.12. The fraction of sp³-hybridized carbons (Fsp3) is 0.667. The Morgan fingerprint density at radius 1 is 1.55 bits per heavy atom. The minimum Gasteiger partial charge on any atom is -0.480 e. The van der Waals surface area contributed by atoms with Crippen LogP contribution in [0.5, 0.6) is 0 Å². The minimum atomic E-state index is -0.953. The molecule has 0 spiro atoms. The summed E-state index contributed by atoms with van der Waals surface area (Å²) < 4.78 is 1.70. The molecule has 2 rings (SSSR count). The zero-order chi connectivity index (χ0) is 14.7. The Morgan fingerprint density at radius 2 is 2.30 bits per heavy atom. The molecule has 0 aliphatic carbocycles. The number of hydrogen-bond donors (Lipinski definition) is 2. The molecule has 1 aromatic heterocycles. The number of carboxylic acid groups (broad SMARTS) is 1. The SMILES string of the molecule is CC1CCN(C(=O)NCc2nncn2C)C(C(=O)O)C1. The van der Waals surface area contributed by atoms with Crippen LogP contribution >= 0.6 is 0 Å². The predicted molar refractivity (Wildman–Crippen MR) is 69.8 cm³/mol. The first-order valence-corrected chi connectivity index (χ1v) is 6.59. The first-order chi connectivity index (χ1) is 9.49. The van der Waals surface area contributed by atoms with Crippen molar-refractivity contribution in [2.24, 2.45) is 13.0 Å². The molecule has 1 saturated heterocycles. The zero-order valence-corrected chi connectivity index (χ0v) is 11.6. The lowest BCUT2D eigenvalue weighted by Gasteiger charge is -2.35. The molecule has 0 radical (unpaired) electrons. The summed E-state index contributed by atoms with van der Waals surface area (Å²) in [5.41, 5.74) is 0. The van der Waals surface area contributed by atoms with Gasteiger partial charge in [0.1, 0.15) is 12.4 Å². The minimum absolute atomic E-state index is 0.230. The maximum absolute atomic E-state index is 12.1. The summed E-state index contributed by atoms with van der Waals surface area (Å²) in [5, 5.41) is 19.5. The van der Waals surface area contributed by atoms with E-state index in [0.29, 0.717) is 24.7 Å². The molecule has 2 N–H and O–H groups in total. The molecule has 0 saturated carbocycles. The van der Waals surface area contributed by atoms with E-state index in [1.807, 2.05) is 6.92 Å². The molecule has 110 valence electrons. The van der Waals surface area contributed by atoms with E-state index in [9.17, 15) is 14.7 Å². The first kappa shape index (κ1) is 14.3. The molecular formula is C12H19N5O3. The van der Waals surface area contributed by atoms with Gasteiger partial charge in [-0.15, -0.1) is 10.2 Å². The molecule has 20 heavy (non-hydrogen) atoms. The Balaban J connectivity index is 1.96. The molecule has 1 aliphatic heterocycles. The quantitative estimate of drug-likeness (QED) is 0.825. The zero-order valence-electron chi connectivity index (χ0n) is 11.6. The Labute approximate surface area is 116 Å². The van der Waals surface area contributed by atoms with Gasteiger partial charge in [-0.05, 0) is 18.8 Å². The van der Waals surface area contributed by atoms with Crippen molar-refractivity contribution in [3.63, 3.8) is 0 Å². The molecular weight excluding hydrogens is 262 g/mol. The highest BCUT2D eigenvalue weighted by atomic mass is 16.4. The van der Waals surface area contributed by atoms with Crippen molar-refractivity contribution in [1.29, 1.82) is 0 Å². The van der Waals surface area contributed by atoms with Gasteiger partial charge in [0, 0.05) is 13.6 Å². The third-order valence-corrected chi connectivity index (χ3v) is 3.61. The first-order valence-electron chi connectivity index (χ1n) is 6.59. The largest absolute Gasteiger partial charge is 0.480 e. The fourth-order valence-corrected chi connectivity index (χ4v) is 2.34. The van der Waals surface area contributed by atoms with E-state index in [-0.39, 0.29) is 12.6 Å². The number of carbonyl (C=O) groups excluding carboxylic acids is 1. The molecule has 2 amide bonds. The van der Waals surface area contributed by atoms with Crippen molar-refractivity contribution in [3.8, 4) is 0 Å². The van der Waals surface area contributed by atoms with Gasteiger partial charge in [-0.25, -0.2) is 9.59 Å². The fourth-order valence-electron chi connectivity index (χ4n) is 2.34. The molecule has 1 aromatic rings.